The topological polar surface area (TPSA) is 105 Å². The first-order valence-corrected chi connectivity index (χ1v) is 12.1. The van der Waals surface area contributed by atoms with Gasteiger partial charge in [0.1, 0.15) is 0 Å². The number of benzene rings is 2. The van der Waals surface area contributed by atoms with Gasteiger partial charge in [-0.3, -0.25) is 4.79 Å². The molecule has 34 heavy (non-hydrogen) atoms. The Morgan fingerprint density at radius 3 is 2.91 bits per heavy atom. The number of rotatable bonds is 7. The van der Waals surface area contributed by atoms with E-state index < -0.39 is 5.91 Å². The standard InChI is InChI=1S/C26H33N7O/c1-16-5-4-6-18(11-16)33-15-31-20-12-17(7-8-21(20)33)19-13-22(32(3)10-9-28-2)23(26(27)34)25-24(19)29-14-30-25/h7-8,12-16,18,28H,4-6,9-11H2,1-3H3,(H2,27,34)(H,29,30)/t16-,18-/m1/s1. The van der Waals surface area contributed by atoms with Crippen molar-refractivity contribution in [1.82, 2.24) is 24.8 Å². The fraction of sp³-hybridized carbons (Fsp3) is 0.423. The van der Waals surface area contributed by atoms with Crippen LogP contribution in [0.25, 0.3) is 33.2 Å². The highest BCUT2D eigenvalue weighted by Gasteiger charge is 2.24. The van der Waals surface area contributed by atoms with E-state index in [4.69, 9.17) is 10.7 Å². The third kappa shape index (κ3) is 3.92. The molecule has 4 N–H and O–H groups in total. The molecule has 1 aliphatic carbocycles. The van der Waals surface area contributed by atoms with Gasteiger partial charge in [-0.1, -0.05) is 25.8 Å². The van der Waals surface area contributed by atoms with Crippen LogP contribution in [-0.2, 0) is 0 Å². The van der Waals surface area contributed by atoms with Crippen LogP contribution in [0.5, 0.6) is 0 Å². The highest BCUT2D eigenvalue weighted by molar-refractivity contribution is 6.13. The van der Waals surface area contributed by atoms with E-state index in [1.165, 1.54) is 31.2 Å². The molecule has 2 atom stereocenters. The van der Waals surface area contributed by atoms with Crippen molar-refractivity contribution in [2.24, 2.45) is 11.7 Å². The van der Waals surface area contributed by atoms with E-state index in [1.807, 2.05) is 26.5 Å². The lowest BCUT2D eigenvalue weighted by atomic mass is 9.87. The first-order chi connectivity index (χ1) is 16.5. The molecule has 4 aromatic rings. The molecule has 1 aliphatic rings. The normalized spacial score (nSPS) is 18.6. The monoisotopic (exact) mass is 459 g/mol. The van der Waals surface area contributed by atoms with Crippen molar-refractivity contribution in [2.75, 3.05) is 32.1 Å². The quantitative estimate of drug-likeness (QED) is 0.386. The lowest BCUT2D eigenvalue weighted by Crippen LogP contribution is -2.29. The van der Waals surface area contributed by atoms with Gasteiger partial charge < -0.3 is 25.5 Å². The predicted molar refractivity (Wildman–Crippen MR) is 137 cm³/mol. The van der Waals surface area contributed by atoms with Crippen LogP contribution < -0.4 is 16.0 Å². The summed E-state index contributed by atoms with van der Waals surface area (Å²) in [5.41, 5.74) is 12.6. The number of amides is 1. The zero-order valence-electron chi connectivity index (χ0n) is 20.1. The van der Waals surface area contributed by atoms with Gasteiger partial charge in [-0.25, -0.2) is 9.97 Å². The summed E-state index contributed by atoms with van der Waals surface area (Å²) >= 11 is 0. The molecular formula is C26H33N7O. The zero-order valence-corrected chi connectivity index (χ0v) is 20.1. The third-order valence-corrected chi connectivity index (χ3v) is 7.22. The summed E-state index contributed by atoms with van der Waals surface area (Å²) in [5, 5.41) is 3.16. The summed E-state index contributed by atoms with van der Waals surface area (Å²) in [6, 6.07) is 8.97. The molecule has 0 saturated heterocycles. The molecule has 0 aliphatic heterocycles. The van der Waals surface area contributed by atoms with E-state index in [2.05, 4.69) is 49.9 Å². The van der Waals surface area contributed by atoms with Gasteiger partial charge in [0, 0.05) is 31.7 Å². The third-order valence-electron chi connectivity index (χ3n) is 7.22. The number of fused-ring (bicyclic) bond motifs is 2. The second-order valence-corrected chi connectivity index (χ2v) is 9.61. The van der Waals surface area contributed by atoms with Crippen LogP contribution in [0, 0.1) is 5.92 Å². The molecule has 1 saturated carbocycles. The van der Waals surface area contributed by atoms with Crippen molar-refractivity contribution in [3.05, 3.63) is 42.5 Å². The highest BCUT2D eigenvalue weighted by Crippen LogP contribution is 2.38. The lowest BCUT2D eigenvalue weighted by molar-refractivity contribution is 0.100. The van der Waals surface area contributed by atoms with Crippen LogP contribution in [-0.4, -0.2) is 52.6 Å². The van der Waals surface area contributed by atoms with E-state index >= 15 is 0 Å². The second-order valence-electron chi connectivity index (χ2n) is 9.61. The average molecular weight is 460 g/mol. The van der Waals surface area contributed by atoms with Crippen LogP contribution in [0.1, 0.15) is 49.0 Å². The number of likely N-dealkylation sites (N-methyl/N-ethyl adjacent to an activating group) is 2. The molecular weight excluding hydrogens is 426 g/mol. The summed E-state index contributed by atoms with van der Waals surface area (Å²) in [6.07, 6.45) is 8.63. The largest absolute Gasteiger partial charge is 0.373 e. The lowest BCUT2D eigenvalue weighted by Gasteiger charge is -2.28. The van der Waals surface area contributed by atoms with E-state index in [9.17, 15) is 4.79 Å². The minimum Gasteiger partial charge on any atom is -0.373 e. The SMILES string of the molecule is CNCCN(C)c1cc(-c2ccc3c(c2)ncn3[C@@H]2CCC[C@@H](C)C2)c2nc[nH]c2c1C(N)=O. The number of primary amides is 1. The number of aromatic amines is 1. The highest BCUT2D eigenvalue weighted by atomic mass is 16.1. The Morgan fingerprint density at radius 2 is 2.15 bits per heavy atom. The van der Waals surface area contributed by atoms with Gasteiger partial charge in [0.05, 0.1) is 46.0 Å². The predicted octanol–water partition coefficient (Wildman–Crippen LogP) is 4.09. The number of carbonyl (C=O) groups excluding carboxylic acids is 1. The number of nitrogens with zero attached hydrogens (tertiary/aromatic N) is 4. The smallest absolute Gasteiger partial charge is 0.253 e. The number of aromatic nitrogens is 4. The molecule has 8 heteroatoms. The second kappa shape index (κ2) is 9.10. The van der Waals surface area contributed by atoms with Crippen LogP contribution in [0.2, 0.25) is 0 Å². The molecule has 178 valence electrons. The maximum Gasteiger partial charge on any atom is 0.253 e. The van der Waals surface area contributed by atoms with Gasteiger partial charge in [-0.05, 0) is 49.6 Å². The molecule has 0 radical (unpaired) electrons. The number of hydrogen-bond donors (Lipinski definition) is 3. The minimum atomic E-state index is -0.469. The average Bonchev–Trinajstić information content (AvgIpc) is 3.48. The summed E-state index contributed by atoms with van der Waals surface area (Å²) in [5.74, 6) is 0.286. The van der Waals surface area contributed by atoms with Crippen LogP contribution >= 0.6 is 0 Å². The Bertz CT molecular complexity index is 1340. The maximum absolute atomic E-state index is 12.4. The van der Waals surface area contributed by atoms with Gasteiger partial charge in [0.2, 0.25) is 0 Å². The molecule has 1 fully saturated rings. The van der Waals surface area contributed by atoms with Crippen LogP contribution in [0.15, 0.2) is 36.9 Å². The van der Waals surface area contributed by atoms with Crippen LogP contribution in [0.4, 0.5) is 5.69 Å². The molecule has 2 aromatic heterocycles. The van der Waals surface area contributed by atoms with Gasteiger partial charge in [0.15, 0.2) is 0 Å². The van der Waals surface area contributed by atoms with Crippen molar-refractivity contribution in [2.45, 2.75) is 38.6 Å². The minimum absolute atomic E-state index is 0.464. The molecule has 5 rings (SSSR count). The van der Waals surface area contributed by atoms with Crippen molar-refractivity contribution in [3.8, 4) is 11.1 Å². The Kier molecular flexibility index (Phi) is 6.00. The summed E-state index contributed by atoms with van der Waals surface area (Å²) in [6.45, 7) is 3.87. The Balaban J connectivity index is 1.61. The van der Waals surface area contributed by atoms with Gasteiger partial charge in [-0.15, -0.1) is 0 Å². The molecule has 1 amide bonds. The number of nitrogens with two attached hydrogens (primary N) is 1. The summed E-state index contributed by atoms with van der Waals surface area (Å²) in [4.78, 5) is 26.9. The molecule has 0 bridgehead atoms. The first-order valence-electron chi connectivity index (χ1n) is 12.1. The van der Waals surface area contributed by atoms with Gasteiger partial charge in [-0.2, -0.15) is 0 Å². The van der Waals surface area contributed by atoms with E-state index in [0.717, 1.165) is 46.9 Å². The number of carbonyl (C=O) groups is 1. The Morgan fingerprint density at radius 1 is 1.29 bits per heavy atom. The summed E-state index contributed by atoms with van der Waals surface area (Å²) in [7, 11) is 3.88. The Labute approximate surface area is 199 Å². The Hall–Kier alpha value is -3.39. The fourth-order valence-electron chi connectivity index (χ4n) is 5.41. The van der Waals surface area contributed by atoms with Crippen molar-refractivity contribution in [1.29, 1.82) is 0 Å². The van der Waals surface area contributed by atoms with Gasteiger partial charge in [0.25, 0.3) is 5.91 Å². The molecule has 0 unspecified atom stereocenters. The van der Waals surface area contributed by atoms with Crippen LogP contribution in [0.3, 0.4) is 0 Å². The number of imidazole rings is 2. The zero-order chi connectivity index (χ0) is 23.8. The number of hydrogen-bond acceptors (Lipinski definition) is 5. The van der Waals surface area contributed by atoms with Crippen molar-refractivity contribution in [3.63, 3.8) is 0 Å². The number of H-pyrrole nitrogens is 1. The molecule has 2 heterocycles. The molecule has 2 aromatic carbocycles. The van der Waals surface area contributed by atoms with E-state index in [1.54, 1.807) is 6.33 Å². The number of anilines is 1. The van der Waals surface area contributed by atoms with E-state index in [0.29, 0.717) is 17.1 Å². The molecule has 0 spiro atoms. The van der Waals surface area contributed by atoms with Crippen molar-refractivity contribution >= 4 is 33.7 Å². The fourth-order valence-corrected chi connectivity index (χ4v) is 5.41. The summed E-state index contributed by atoms with van der Waals surface area (Å²) < 4.78 is 2.35. The molecule has 8 nitrogen and oxygen atoms in total. The van der Waals surface area contributed by atoms with Gasteiger partial charge >= 0.3 is 0 Å². The van der Waals surface area contributed by atoms with Crippen molar-refractivity contribution < 1.29 is 4.79 Å². The van der Waals surface area contributed by atoms with E-state index in [-0.39, 0.29) is 0 Å². The first kappa shape index (κ1) is 22.4. The maximum atomic E-state index is 12.4. The number of nitrogens with one attached hydrogen (secondary N) is 2.